The average Bonchev–Trinajstić information content (AvgIpc) is 2.46. The molecule has 0 fully saturated rings. The van der Waals surface area contributed by atoms with Gasteiger partial charge < -0.3 is 5.32 Å². The molecule has 0 aliphatic rings. The van der Waals surface area contributed by atoms with E-state index in [0.29, 0.717) is 11.3 Å². The molecule has 0 saturated heterocycles. The minimum atomic E-state index is -3.18. The van der Waals surface area contributed by atoms with Crippen LogP contribution in [0.3, 0.4) is 0 Å². The first-order valence-corrected chi connectivity index (χ1v) is 9.83. The molecule has 1 rings (SSSR count). The molecule has 1 amide bonds. The molecule has 0 heterocycles. The molecule has 5 heteroatoms. The molecule has 1 N–H and O–H groups in total. The lowest BCUT2D eigenvalue weighted by molar-refractivity contribution is -0.121. The standard InChI is InChI=1S/C17H27NO3S/c1-4-5-6-7-8-9-17(19)18-14(2)15-10-12-16(13-11-15)22(3,20)21/h10-14H,4-9H2,1-3H3,(H,18,19). The van der Waals surface area contributed by atoms with Crippen molar-refractivity contribution in [3.8, 4) is 0 Å². The monoisotopic (exact) mass is 325 g/mol. The van der Waals surface area contributed by atoms with Crippen LogP contribution in [-0.2, 0) is 14.6 Å². The van der Waals surface area contributed by atoms with E-state index in [2.05, 4.69) is 12.2 Å². The molecule has 1 atom stereocenters. The fourth-order valence-corrected chi connectivity index (χ4v) is 2.92. The first-order valence-electron chi connectivity index (χ1n) is 7.94. The Balaban J connectivity index is 2.44. The first-order chi connectivity index (χ1) is 10.3. The van der Waals surface area contributed by atoms with Crippen LogP contribution < -0.4 is 5.32 Å². The summed E-state index contributed by atoms with van der Waals surface area (Å²) in [5.41, 5.74) is 0.909. The lowest BCUT2D eigenvalue weighted by atomic mass is 10.1. The number of sulfone groups is 1. The van der Waals surface area contributed by atoms with Crippen LogP contribution in [-0.4, -0.2) is 20.6 Å². The van der Waals surface area contributed by atoms with E-state index < -0.39 is 9.84 Å². The highest BCUT2D eigenvalue weighted by molar-refractivity contribution is 7.90. The van der Waals surface area contributed by atoms with Crippen LogP contribution in [0, 0.1) is 0 Å². The molecule has 0 bridgehead atoms. The van der Waals surface area contributed by atoms with Gasteiger partial charge in [-0.05, 0) is 31.0 Å². The second-order valence-corrected chi connectivity index (χ2v) is 7.81. The van der Waals surface area contributed by atoms with Gasteiger partial charge in [0.25, 0.3) is 0 Å². The van der Waals surface area contributed by atoms with Crippen LogP contribution in [0.1, 0.15) is 64.0 Å². The Morgan fingerprint density at radius 3 is 2.23 bits per heavy atom. The lowest BCUT2D eigenvalue weighted by Gasteiger charge is -2.14. The van der Waals surface area contributed by atoms with Crippen molar-refractivity contribution in [3.05, 3.63) is 29.8 Å². The number of carbonyl (C=O) groups excluding carboxylic acids is 1. The van der Waals surface area contributed by atoms with E-state index in [1.54, 1.807) is 24.3 Å². The number of hydrogen-bond acceptors (Lipinski definition) is 3. The van der Waals surface area contributed by atoms with Crippen molar-refractivity contribution in [1.82, 2.24) is 5.32 Å². The van der Waals surface area contributed by atoms with Gasteiger partial charge in [-0.3, -0.25) is 4.79 Å². The van der Waals surface area contributed by atoms with Crippen LogP contribution in [0.15, 0.2) is 29.2 Å². The van der Waals surface area contributed by atoms with Gasteiger partial charge in [-0.25, -0.2) is 8.42 Å². The first kappa shape index (κ1) is 18.7. The molecule has 0 spiro atoms. The maximum absolute atomic E-state index is 11.9. The zero-order chi connectivity index (χ0) is 16.6. The summed E-state index contributed by atoms with van der Waals surface area (Å²) in [6, 6.07) is 6.55. The number of nitrogens with one attached hydrogen (secondary N) is 1. The Morgan fingerprint density at radius 2 is 1.68 bits per heavy atom. The minimum absolute atomic E-state index is 0.0520. The molecule has 1 aromatic carbocycles. The average molecular weight is 325 g/mol. The van der Waals surface area contributed by atoms with Crippen molar-refractivity contribution in [2.24, 2.45) is 0 Å². The van der Waals surface area contributed by atoms with E-state index >= 15 is 0 Å². The highest BCUT2D eigenvalue weighted by atomic mass is 32.2. The summed E-state index contributed by atoms with van der Waals surface area (Å²) in [4.78, 5) is 12.2. The predicted octanol–water partition coefficient (Wildman–Crippen LogP) is 3.63. The molecule has 22 heavy (non-hydrogen) atoms. The van der Waals surface area contributed by atoms with E-state index in [1.807, 2.05) is 6.92 Å². The van der Waals surface area contributed by atoms with Crippen LogP contribution in [0.2, 0.25) is 0 Å². The number of rotatable bonds is 9. The number of hydrogen-bond donors (Lipinski definition) is 1. The molecule has 1 aromatic rings. The van der Waals surface area contributed by atoms with Crippen LogP contribution >= 0.6 is 0 Å². The quantitative estimate of drug-likeness (QED) is 0.705. The van der Waals surface area contributed by atoms with Gasteiger partial charge in [-0.1, -0.05) is 44.7 Å². The van der Waals surface area contributed by atoms with Gasteiger partial charge in [0.1, 0.15) is 0 Å². The van der Waals surface area contributed by atoms with Crippen molar-refractivity contribution in [2.75, 3.05) is 6.26 Å². The number of amides is 1. The second-order valence-electron chi connectivity index (χ2n) is 5.79. The summed E-state index contributed by atoms with van der Waals surface area (Å²) in [5.74, 6) is 0.0520. The molecule has 0 aliphatic heterocycles. The Bertz CT molecular complexity index is 564. The van der Waals surface area contributed by atoms with Crippen LogP contribution in [0.5, 0.6) is 0 Å². The predicted molar refractivity (Wildman–Crippen MR) is 89.5 cm³/mol. The summed E-state index contributed by atoms with van der Waals surface area (Å²) in [7, 11) is -3.18. The van der Waals surface area contributed by atoms with E-state index in [1.165, 1.54) is 25.5 Å². The third kappa shape index (κ3) is 6.60. The Hall–Kier alpha value is -1.36. The summed E-state index contributed by atoms with van der Waals surface area (Å²) in [6.45, 7) is 4.08. The maximum atomic E-state index is 11.9. The molecule has 4 nitrogen and oxygen atoms in total. The molecule has 0 aliphatic carbocycles. The summed E-state index contributed by atoms with van der Waals surface area (Å²) in [5, 5.41) is 2.96. The van der Waals surface area contributed by atoms with Gasteiger partial charge in [0, 0.05) is 12.7 Å². The number of benzene rings is 1. The fraction of sp³-hybridized carbons (Fsp3) is 0.588. The number of unbranched alkanes of at least 4 members (excludes halogenated alkanes) is 4. The van der Waals surface area contributed by atoms with E-state index in [0.717, 1.165) is 18.4 Å². The highest BCUT2D eigenvalue weighted by Crippen LogP contribution is 2.16. The van der Waals surface area contributed by atoms with Crippen molar-refractivity contribution in [2.45, 2.75) is 63.3 Å². The Labute approximate surface area is 134 Å². The normalized spacial score (nSPS) is 12.9. The minimum Gasteiger partial charge on any atom is -0.350 e. The van der Waals surface area contributed by atoms with Gasteiger partial charge in [-0.15, -0.1) is 0 Å². The topological polar surface area (TPSA) is 63.2 Å². The van der Waals surface area contributed by atoms with Gasteiger partial charge in [0.15, 0.2) is 9.84 Å². The fourth-order valence-electron chi connectivity index (χ4n) is 2.29. The summed E-state index contributed by atoms with van der Waals surface area (Å²) < 4.78 is 22.8. The highest BCUT2D eigenvalue weighted by Gasteiger charge is 2.11. The van der Waals surface area contributed by atoms with Gasteiger partial charge in [-0.2, -0.15) is 0 Å². The molecular formula is C17H27NO3S. The van der Waals surface area contributed by atoms with Crippen molar-refractivity contribution in [1.29, 1.82) is 0 Å². The lowest BCUT2D eigenvalue weighted by Crippen LogP contribution is -2.26. The molecule has 0 saturated carbocycles. The van der Waals surface area contributed by atoms with Crippen LogP contribution in [0.25, 0.3) is 0 Å². The molecular weight excluding hydrogens is 298 g/mol. The van der Waals surface area contributed by atoms with Crippen molar-refractivity contribution < 1.29 is 13.2 Å². The molecule has 1 unspecified atom stereocenters. The van der Waals surface area contributed by atoms with Crippen LogP contribution in [0.4, 0.5) is 0 Å². The van der Waals surface area contributed by atoms with Gasteiger partial charge >= 0.3 is 0 Å². The van der Waals surface area contributed by atoms with E-state index in [9.17, 15) is 13.2 Å². The van der Waals surface area contributed by atoms with E-state index in [-0.39, 0.29) is 11.9 Å². The maximum Gasteiger partial charge on any atom is 0.220 e. The van der Waals surface area contributed by atoms with E-state index in [4.69, 9.17) is 0 Å². The molecule has 124 valence electrons. The molecule has 0 aromatic heterocycles. The third-order valence-electron chi connectivity index (χ3n) is 3.69. The van der Waals surface area contributed by atoms with Gasteiger partial charge in [0.05, 0.1) is 10.9 Å². The largest absolute Gasteiger partial charge is 0.350 e. The Morgan fingerprint density at radius 1 is 1.09 bits per heavy atom. The summed E-state index contributed by atoms with van der Waals surface area (Å²) >= 11 is 0. The molecule has 0 radical (unpaired) electrons. The second kappa shape index (κ2) is 8.93. The zero-order valence-corrected chi connectivity index (χ0v) is 14.6. The van der Waals surface area contributed by atoms with Gasteiger partial charge in [0.2, 0.25) is 5.91 Å². The SMILES string of the molecule is CCCCCCCC(=O)NC(C)c1ccc(S(C)(=O)=O)cc1. The Kier molecular flexibility index (Phi) is 7.59. The summed E-state index contributed by atoms with van der Waals surface area (Å²) in [6.07, 6.45) is 7.37. The third-order valence-corrected chi connectivity index (χ3v) is 4.82. The van der Waals surface area contributed by atoms with Crippen molar-refractivity contribution in [3.63, 3.8) is 0 Å². The number of carbonyl (C=O) groups is 1. The smallest absolute Gasteiger partial charge is 0.220 e. The van der Waals surface area contributed by atoms with Crippen molar-refractivity contribution >= 4 is 15.7 Å². The zero-order valence-electron chi connectivity index (χ0n) is 13.8.